The molecule has 0 unspecified atom stereocenters. The monoisotopic (exact) mass is 438 g/mol. The number of aryl methyl sites for hydroxylation is 1. The van der Waals surface area contributed by atoms with Crippen molar-refractivity contribution in [1.29, 1.82) is 0 Å². The molecule has 0 aliphatic rings. The van der Waals surface area contributed by atoms with Gasteiger partial charge in [0.25, 0.3) is 0 Å². The molecule has 126 valence electrons. The van der Waals surface area contributed by atoms with Crippen LogP contribution in [0.15, 0.2) is 41.5 Å². The summed E-state index contributed by atoms with van der Waals surface area (Å²) in [5, 5.41) is 13.7. The number of hydrazone groups is 1. The van der Waals surface area contributed by atoms with Gasteiger partial charge >= 0.3 is 0 Å². The highest BCUT2D eigenvalue weighted by molar-refractivity contribution is 14.1. The molecule has 1 amide bonds. The molecule has 0 fully saturated rings. The highest BCUT2D eigenvalue weighted by Crippen LogP contribution is 2.31. The number of methoxy groups -OCH3 is 1. The number of amides is 1. The summed E-state index contributed by atoms with van der Waals surface area (Å²) in [5.74, 6) is 0.274. The maximum Gasteiger partial charge on any atom is 0.244 e. The maximum atomic E-state index is 11.9. The van der Waals surface area contributed by atoms with E-state index in [2.05, 4.69) is 17.5 Å². The summed E-state index contributed by atoms with van der Waals surface area (Å²) in [6, 6.07) is 11.4. The van der Waals surface area contributed by atoms with Gasteiger partial charge in [-0.05, 0) is 57.8 Å². The summed E-state index contributed by atoms with van der Waals surface area (Å²) < 4.78 is 5.74. The zero-order chi connectivity index (χ0) is 17.5. The fraction of sp³-hybridized carbons (Fsp3) is 0.222. The van der Waals surface area contributed by atoms with Crippen molar-refractivity contribution >= 4 is 34.7 Å². The van der Waals surface area contributed by atoms with Crippen LogP contribution in [0.2, 0.25) is 0 Å². The van der Waals surface area contributed by atoms with E-state index in [1.165, 1.54) is 18.9 Å². The summed E-state index contributed by atoms with van der Waals surface area (Å²) in [6.07, 6.45) is 2.77. The van der Waals surface area contributed by atoms with Gasteiger partial charge in [0.1, 0.15) is 0 Å². The van der Waals surface area contributed by atoms with Crippen molar-refractivity contribution in [2.75, 3.05) is 7.11 Å². The van der Waals surface area contributed by atoms with Crippen LogP contribution < -0.4 is 10.2 Å². The fourth-order valence-electron chi connectivity index (χ4n) is 2.12. The minimum Gasteiger partial charge on any atom is -0.504 e. The number of phenols is 1. The molecule has 0 bridgehead atoms. The Morgan fingerprint density at radius 3 is 2.58 bits per heavy atom. The number of hydrogen-bond donors (Lipinski definition) is 2. The van der Waals surface area contributed by atoms with Crippen molar-refractivity contribution in [1.82, 2.24) is 5.43 Å². The number of benzene rings is 2. The van der Waals surface area contributed by atoms with Gasteiger partial charge in [-0.1, -0.05) is 31.2 Å². The Balaban J connectivity index is 1.95. The van der Waals surface area contributed by atoms with E-state index in [1.54, 1.807) is 12.1 Å². The van der Waals surface area contributed by atoms with Crippen molar-refractivity contribution in [3.05, 3.63) is 56.7 Å². The molecule has 2 aromatic carbocycles. The second-order valence-electron chi connectivity index (χ2n) is 5.19. The highest BCUT2D eigenvalue weighted by Gasteiger charge is 2.07. The normalized spacial score (nSPS) is 10.8. The van der Waals surface area contributed by atoms with E-state index in [0.29, 0.717) is 9.32 Å². The van der Waals surface area contributed by atoms with Crippen LogP contribution in [0.25, 0.3) is 0 Å². The molecular weight excluding hydrogens is 419 g/mol. The van der Waals surface area contributed by atoms with Crippen molar-refractivity contribution in [2.45, 2.75) is 19.8 Å². The van der Waals surface area contributed by atoms with Crippen molar-refractivity contribution in [2.24, 2.45) is 5.10 Å². The number of phenolic OH excluding ortho intramolecular Hbond substituents is 1. The first-order valence-electron chi connectivity index (χ1n) is 7.49. The van der Waals surface area contributed by atoms with E-state index in [-0.39, 0.29) is 18.1 Å². The van der Waals surface area contributed by atoms with Crippen molar-refractivity contribution in [3.8, 4) is 11.5 Å². The molecule has 2 N–H and O–H groups in total. The number of ether oxygens (including phenoxy) is 1. The van der Waals surface area contributed by atoms with E-state index in [0.717, 1.165) is 17.5 Å². The number of nitrogens with one attached hydrogen (secondary N) is 1. The van der Waals surface area contributed by atoms with E-state index in [4.69, 9.17) is 4.74 Å². The van der Waals surface area contributed by atoms with E-state index in [9.17, 15) is 9.90 Å². The zero-order valence-electron chi connectivity index (χ0n) is 13.5. The Morgan fingerprint density at radius 1 is 1.29 bits per heavy atom. The van der Waals surface area contributed by atoms with Gasteiger partial charge in [-0.25, -0.2) is 5.43 Å². The molecule has 0 atom stereocenters. The minimum absolute atomic E-state index is 0.0924. The third-order valence-corrected chi connectivity index (χ3v) is 4.29. The Kier molecular flexibility index (Phi) is 6.60. The van der Waals surface area contributed by atoms with Crippen LogP contribution in [0.1, 0.15) is 23.6 Å². The first-order chi connectivity index (χ1) is 11.5. The number of nitrogens with zero attached hydrogens (tertiary/aromatic N) is 1. The molecule has 0 radical (unpaired) electrons. The molecule has 0 aromatic heterocycles. The molecule has 2 aromatic rings. The lowest BCUT2D eigenvalue weighted by molar-refractivity contribution is -0.120. The number of aromatic hydroxyl groups is 1. The Bertz CT molecular complexity index is 743. The van der Waals surface area contributed by atoms with Gasteiger partial charge in [-0.3, -0.25) is 4.79 Å². The third-order valence-electron chi connectivity index (χ3n) is 3.47. The maximum absolute atomic E-state index is 11.9. The molecule has 24 heavy (non-hydrogen) atoms. The van der Waals surface area contributed by atoms with Crippen LogP contribution in [-0.2, 0) is 17.6 Å². The molecule has 0 spiro atoms. The Morgan fingerprint density at radius 2 is 1.96 bits per heavy atom. The summed E-state index contributed by atoms with van der Waals surface area (Å²) in [5.41, 5.74) is 5.42. The molecule has 6 heteroatoms. The molecule has 0 saturated carbocycles. The summed E-state index contributed by atoms with van der Waals surface area (Å²) in [4.78, 5) is 11.9. The summed E-state index contributed by atoms with van der Waals surface area (Å²) >= 11 is 2.01. The lowest BCUT2D eigenvalue weighted by Gasteiger charge is -2.06. The molecule has 0 aliphatic carbocycles. The molecule has 0 aliphatic heterocycles. The number of rotatable bonds is 6. The number of carbonyl (C=O) groups excluding carboxylic acids is 1. The molecule has 0 heterocycles. The van der Waals surface area contributed by atoms with Gasteiger partial charge in [-0.15, -0.1) is 0 Å². The Hall–Kier alpha value is -2.09. The Labute approximate surface area is 154 Å². The van der Waals surface area contributed by atoms with Gasteiger partial charge in [0.05, 0.1) is 23.3 Å². The van der Waals surface area contributed by atoms with Crippen LogP contribution in [0.5, 0.6) is 11.5 Å². The average molecular weight is 438 g/mol. The van der Waals surface area contributed by atoms with Gasteiger partial charge in [0, 0.05) is 0 Å². The first kappa shape index (κ1) is 18.3. The predicted octanol–water partition coefficient (Wildman–Crippen LogP) is 3.26. The largest absolute Gasteiger partial charge is 0.504 e. The molecular formula is C18H19IN2O3. The minimum atomic E-state index is -0.184. The van der Waals surface area contributed by atoms with Crippen LogP contribution in [0, 0.1) is 3.57 Å². The number of halogens is 1. The lowest BCUT2D eigenvalue weighted by atomic mass is 10.1. The predicted molar refractivity (Wildman–Crippen MR) is 103 cm³/mol. The van der Waals surface area contributed by atoms with Gasteiger partial charge < -0.3 is 9.84 Å². The molecule has 0 saturated heterocycles. The number of hydrogen-bond acceptors (Lipinski definition) is 4. The van der Waals surface area contributed by atoms with Crippen LogP contribution in [0.4, 0.5) is 0 Å². The average Bonchev–Trinajstić information content (AvgIpc) is 2.58. The SMILES string of the molecule is CCc1ccc(CC(=O)N/N=C/c2cc(I)c(O)c(OC)c2)cc1. The standard InChI is InChI=1S/C18H19IN2O3/c1-3-12-4-6-13(7-5-12)10-17(22)21-20-11-14-8-15(19)18(23)16(9-14)24-2/h4-9,11,23H,3,10H2,1-2H3,(H,21,22)/b20-11+. The quantitative estimate of drug-likeness (QED) is 0.413. The molecule has 5 nitrogen and oxygen atoms in total. The topological polar surface area (TPSA) is 70.9 Å². The smallest absolute Gasteiger partial charge is 0.244 e. The van der Waals surface area contributed by atoms with Crippen LogP contribution >= 0.6 is 22.6 Å². The number of carbonyl (C=O) groups is 1. The summed E-state index contributed by atoms with van der Waals surface area (Å²) in [7, 11) is 1.48. The van der Waals surface area contributed by atoms with Gasteiger partial charge in [-0.2, -0.15) is 5.10 Å². The summed E-state index contributed by atoms with van der Waals surface area (Å²) in [6.45, 7) is 2.09. The van der Waals surface area contributed by atoms with Crippen molar-refractivity contribution < 1.29 is 14.6 Å². The van der Waals surface area contributed by atoms with Gasteiger partial charge in [0.15, 0.2) is 11.5 Å². The lowest BCUT2D eigenvalue weighted by Crippen LogP contribution is -2.19. The molecule has 2 rings (SSSR count). The highest BCUT2D eigenvalue weighted by atomic mass is 127. The van der Waals surface area contributed by atoms with Crippen LogP contribution in [0.3, 0.4) is 0 Å². The van der Waals surface area contributed by atoms with Crippen LogP contribution in [-0.4, -0.2) is 24.3 Å². The van der Waals surface area contributed by atoms with Crippen molar-refractivity contribution in [3.63, 3.8) is 0 Å². The first-order valence-corrected chi connectivity index (χ1v) is 8.57. The van der Waals surface area contributed by atoms with E-state index < -0.39 is 0 Å². The van der Waals surface area contributed by atoms with E-state index >= 15 is 0 Å². The second kappa shape index (κ2) is 8.68. The third kappa shape index (κ3) is 4.95. The fourth-order valence-corrected chi connectivity index (χ4v) is 2.75. The van der Waals surface area contributed by atoms with Gasteiger partial charge in [0.2, 0.25) is 5.91 Å². The zero-order valence-corrected chi connectivity index (χ0v) is 15.7. The second-order valence-corrected chi connectivity index (χ2v) is 6.36. The van der Waals surface area contributed by atoms with E-state index in [1.807, 2.05) is 46.9 Å².